The third kappa shape index (κ3) is 3.28. The lowest BCUT2D eigenvalue weighted by Crippen LogP contribution is -2.55. The Morgan fingerprint density at radius 2 is 1.81 bits per heavy atom. The zero-order chi connectivity index (χ0) is 21.7. The van der Waals surface area contributed by atoms with E-state index < -0.39 is 0 Å². The Labute approximate surface area is 187 Å². The second kappa shape index (κ2) is 7.92. The molecule has 1 amide bonds. The molecule has 0 radical (unpaired) electrons. The third-order valence-corrected chi connectivity index (χ3v) is 7.26. The molecule has 3 unspecified atom stereocenters. The van der Waals surface area contributed by atoms with E-state index in [1.54, 1.807) is 0 Å². The zero-order valence-electron chi connectivity index (χ0n) is 18.3. The van der Waals surface area contributed by atoms with E-state index in [-0.39, 0.29) is 23.9 Å². The maximum absolute atomic E-state index is 13.4. The van der Waals surface area contributed by atoms with Crippen molar-refractivity contribution in [2.24, 2.45) is 13.0 Å². The van der Waals surface area contributed by atoms with Gasteiger partial charge in [-0.15, -0.1) is 0 Å². The molecule has 2 aromatic carbocycles. The van der Waals surface area contributed by atoms with Gasteiger partial charge in [0.25, 0.3) is 0 Å². The fourth-order valence-corrected chi connectivity index (χ4v) is 5.50. The van der Waals surface area contributed by atoms with Gasteiger partial charge in [-0.1, -0.05) is 36.4 Å². The first-order valence-corrected chi connectivity index (χ1v) is 11.5. The number of aryl methyl sites for hydroxylation is 1. The van der Waals surface area contributed by atoms with Crippen LogP contribution in [0.25, 0.3) is 10.9 Å². The SMILES string of the molecule is Cn1cc(CN2CCN(C(=O)C3NNC4c5ccccc5OCC34)CC2)c2ccccc21. The number of fused-ring (bicyclic) bond motifs is 4. The molecule has 0 saturated carbocycles. The van der Waals surface area contributed by atoms with Gasteiger partial charge in [-0.05, 0) is 17.7 Å². The average molecular weight is 432 g/mol. The molecule has 166 valence electrons. The van der Waals surface area contributed by atoms with Crippen molar-refractivity contribution < 1.29 is 9.53 Å². The lowest BCUT2D eigenvalue weighted by atomic mass is 9.87. The smallest absolute Gasteiger partial charge is 0.241 e. The Kier molecular flexibility index (Phi) is 4.90. The number of hydrogen-bond acceptors (Lipinski definition) is 5. The molecule has 32 heavy (non-hydrogen) atoms. The van der Waals surface area contributed by atoms with Crippen molar-refractivity contribution in [2.75, 3.05) is 32.8 Å². The summed E-state index contributed by atoms with van der Waals surface area (Å²) in [6.45, 7) is 4.78. The summed E-state index contributed by atoms with van der Waals surface area (Å²) in [6, 6.07) is 16.5. The van der Waals surface area contributed by atoms with Crippen LogP contribution in [-0.2, 0) is 18.4 Å². The molecule has 2 saturated heterocycles. The van der Waals surface area contributed by atoms with Crippen LogP contribution in [0.15, 0.2) is 54.7 Å². The molecule has 7 nitrogen and oxygen atoms in total. The van der Waals surface area contributed by atoms with Crippen LogP contribution in [0.2, 0.25) is 0 Å². The summed E-state index contributed by atoms with van der Waals surface area (Å²) >= 11 is 0. The first-order chi connectivity index (χ1) is 15.7. The van der Waals surface area contributed by atoms with E-state index in [1.165, 1.54) is 16.5 Å². The van der Waals surface area contributed by atoms with Crippen LogP contribution in [0.1, 0.15) is 17.2 Å². The van der Waals surface area contributed by atoms with Crippen LogP contribution in [0, 0.1) is 5.92 Å². The topological polar surface area (TPSA) is 61.8 Å². The van der Waals surface area contributed by atoms with Crippen LogP contribution in [0.4, 0.5) is 0 Å². The molecule has 1 aromatic heterocycles. The highest BCUT2D eigenvalue weighted by Crippen LogP contribution is 2.39. The molecule has 2 N–H and O–H groups in total. The number of nitrogens with zero attached hydrogens (tertiary/aromatic N) is 3. The summed E-state index contributed by atoms with van der Waals surface area (Å²) < 4.78 is 8.16. The van der Waals surface area contributed by atoms with Crippen LogP contribution < -0.4 is 15.6 Å². The number of rotatable bonds is 3. The van der Waals surface area contributed by atoms with Gasteiger partial charge in [-0.2, -0.15) is 0 Å². The minimum absolute atomic E-state index is 0.103. The molecule has 2 fully saturated rings. The first-order valence-electron chi connectivity index (χ1n) is 11.5. The second-order valence-corrected chi connectivity index (χ2v) is 9.14. The molecule has 3 aromatic rings. The molecule has 4 heterocycles. The molecule has 0 bridgehead atoms. The van der Waals surface area contributed by atoms with E-state index in [1.807, 2.05) is 23.1 Å². The standard InChI is InChI=1S/C25H29N5O2/c1-28-14-17(18-6-2-4-8-21(18)28)15-29-10-12-30(13-11-29)25(31)24-20-16-32-22-9-5-3-7-19(22)23(20)26-27-24/h2-9,14,20,23-24,26-27H,10-13,15-16H2,1H3. The summed E-state index contributed by atoms with van der Waals surface area (Å²) in [5.41, 5.74) is 10.4. The maximum atomic E-state index is 13.4. The van der Waals surface area contributed by atoms with Crippen molar-refractivity contribution >= 4 is 16.8 Å². The first kappa shape index (κ1) is 19.8. The monoisotopic (exact) mass is 431 g/mol. The van der Waals surface area contributed by atoms with Gasteiger partial charge in [0.2, 0.25) is 5.91 Å². The second-order valence-electron chi connectivity index (χ2n) is 9.14. The van der Waals surface area contributed by atoms with Crippen molar-refractivity contribution in [3.8, 4) is 5.75 Å². The number of piperazine rings is 1. The number of benzene rings is 2. The highest BCUT2D eigenvalue weighted by atomic mass is 16.5. The van der Waals surface area contributed by atoms with E-state index in [9.17, 15) is 4.79 Å². The lowest BCUT2D eigenvalue weighted by Gasteiger charge is -2.37. The third-order valence-electron chi connectivity index (χ3n) is 7.26. The lowest BCUT2D eigenvalue weighted by molar-refractivity contribution is -0.136. The molecular formula is C25H29N5O2. The number of carbonyl (C=O) groups excluding carboxylic acids is 1. The van der Waals surface area contributed by atoms with Crippen LogP contribution in [0.5, 0.6) is 5.75 Å². The Bertz CT molecular complexity index is 1150. The van der Waals surface area contributed by atoms with Gasteiger partial charge >= 0.3 is 0 Å². The van der Waals surface area contributed by atoms with Crippen LogP contribution >= 0.6 is 0 Å². The van der Waals surface area contributed by atoms with E-state index in [0.717, 1.165) is 44.0 Å². The average Bonchev–Trinajstić information content (AvgIpc) is 3.41. The highest BCUT2D eigenvalue weighted by Gasteiger charge is 2.46. The largest absolute Gasteiger partial charge is 0.493 e. The molecule has 3 aliphatic heterocycles. The maximum Gasteiger partial charge on any atom is 0.241 e. The van der Waals surface area contributed by atoms with Crippen LogP contribution in [-0.4, -0.2) is 59.1 Å². The summed E-state index contributed by atoms with van der Waals surface area (Å²) in [5, 5.41) is 1.32. The van der Waals surface area contributed by atoms with Gasteiger partial charge in [0.15, 0.2) is 0 Å². The van der Waals surface area contributed by atoms with E-state index in [2.05, 4.69) is 63.9 Å². The Morgan fingerprint density at radius 1 is 1.03 bits per heavy atom. The molecule has 6 rings (SSSR count). The number of hydrogen-bond donors (Lipinski definition) is 2. The predicted molar refractivity (Wildman–Crippen MR) is 123 cm³/mol. The van der Waals surface area contributed by atoms with Crippen molar-refractivity contribution in [3.63, 3.8) is 0 Å². The van der Waals surface area contributed by atoms with E-state index >= 15 is 0 Å². The summed E-state index contributed by atoms with van der Waals surface area (Å²) in [7, 11) is 2.10. The number of carbonyl (C=O) groups is 1. The molecule has 7 heteroatoms. The Hall–Kier alpha value is -2.87. The Morgan fingerprint density at radius 3 is 2.69 bits per heavy atom. The van der Waals surface area contributed by atoms with E-state index in [4.69, 9.17) is 4.74 Å². The fourth-order valence-electron chi connectivity index (χ4n) is 5.50. The Balaban J connectivity index is 1.10. The molecular weight excluding hydrogens is 402 g/mol. The minimum Gasteiger partial charge on any atom is -0.493 e. The quantitative estimate of drug-likeness (QED) is 0.665. The van der Waals surface area contributed by atoms with E-state index in [0.29, 0.717) is 6.61 Å². The van der Waals surface area contributed by atoms with Gasteiger partial charge in [-0.25, -0.2) is 10.9 Å². The molecule has 0 aliphatic carbocycles. The number of amides is 1. The number of hydrazine groups is 1. The zero-order valence-corrected chi connectivity index (χ0v) is 18.3. The molecule has 3 atom stereocenters. The van der Waals surface area contributed by atoms with Gasteiger partial charge in [-0.3, -0.25) is 9.69 Å². The van der Waals surface area contributed by atoms with Crippen molar-refractivity contribution in [2.45, 2.75) is 18.6 Å². The fraction of sp³-hybridized carbons (Fsp3) is 0.400. The van der Waals surface area contributed by atoms with Crippen molar-refractivity contribution in [1.29, 1.82) is 0 Å². The number of ether oxygens (including phenoxy) is 1. The minimum atomic E-state index is -0.252. The van der Waals surface area contributed by atoms with Gasteiger partial charge in [0, 0.05) is 68.4 Å². The predicted octanol–water partition coefficient (Wildman–Crippen LogP) is 2.05. The molecule has 0 spiro atoms. The van der Waals surface area contributed by atoms with Gasteiger partial charge < -0.3 is 14.2 Å². The van der Waals surface area contributed by atoms with Crippen molar-refractivity contribution in [3.05, 3.63) is 65.9 Å². The number of nitrogens with one attached hydrogen (secondary N) is 2. The normalized spacial score (nSPS) is 25.4. The summed E-state index contributed by atoms with van der Waals surface area (Å²) in [5.74, 6) is 1.20. The van der Waals surface area contributed by atoms with Gasteiger partial charge in [0.05, 0.1) is 12.6 Å². The van der Waals surface area contributed by atoms with Crippen LogP contribution in [0.3, 0.4) is 0 Å². The highest BCUT2D eigenvalue weighted by molar-refractivity contribution is 5.84. The summed E-state index contributed by atoms with van der Waals surface area (Å²) in [6.07, 6.45) is 2.23. The van der Waals surface area contributed by atoms with Gasteiger partial charge in [0.1, 0.15) is 11.8 Å². The van der Waals surface area contributed by atoms with Crippen molar-refractivity contribution in [1.82, 2.24) is 25.2 Å². The number of aromatic nitrogens is 1. The number of para-hydroxylation sites is 2. The molecule has 3 aliphatic rings. The summed E-state index contributed by atoms with van der Waals surface area (Å²) in [4.78, 5) is 17.8.